The van der Waals surface area contributed by atoms with Crippen molar-refractivity contribution in [1.82, 2.24) is 9.88 Å². The molecule has 118 valence electrons. The van der Waals surface area contributed by atoms with Gasteiger partial charge in [0.15, 0.2) is 0 Å². The number of nitrogens with two attached hydrogens (primary N) is 1. The number of anilines is 1. The zero-order valence-corrected chi connectivity index (χ0v) is 13.9. The van der Waals surface area contributed by atoms with E-state index in [1.165, 1.54) is 0 Å². The first-order chi connectivity index (χ1) is 9.50. The second-order valence-corrected chi connectivity index (χ2v) is 5.82. The molecule has 0 radical (unpaired) electrons. The van der Waals surface area contributed by atoms with Crippen LogP contribution in [0.2, 0.25) is 5.02 Å². The van der Waals surface area contributed by atoms with Crippen molar-refractivity contribution in [3.8, 4) is 0 Å². The van der Waals surface area contributed by atoms with Gasteiger partial charge in [-0.05, 0) is 12.0 Å². The molecule has 1 aliphatic rings. The first-order valence-corrected chi connectivity index (χ1v) is 7.27. The summed E-state index contributed by atoms with van der Waals surface area (Å²) >= 11 is 6.14. The van der Waals surface area contributed by atoms with Gasteiger partial charge in [-0.1, -0.05) is 25.4 Å². The van der Waals surface area contributed by atoms with Crippen molar-refractivity contribution in [3.63, 3.8) is 0 Å². The highest BCUT2D eigenvalue weighted by Crippen LogP contribution is 2.25. The predicted molar refractivity (Wildman–Crippen MR) is 88.1 cm³/mol. The van der Waals surface area contributed by atoms with Gasteiger partial charge in [-0.15, -0.1) is 12.4 Å². The van der Waals surface area contributed by atoms with Gasteiger partial charge in [0.1, 0.15) is 0 Å². The Morgan fingerprint density at radius 1 is 1.33 bits per heavy atom. The molecular weight excluding hydrogens is 311 g/mol. The van der Waals surface area contributed by atoms with E-state index in [0.29, 0.717) is 18.1 Å². The van der Waals surface area contributed by atoms with E-state index >= 15 is 0 Å². The van der Waals surface area contributed by atoms with E-state index in [-0.39, 0.29) is 24.2 Å². The molecule has 2 rings (SSSR count). The first-order valence-electron chi connectivity index (χ1n) is 6.89. The van der Waals surface area contributed by atoms with Crippen LogP contribution in [0.5, 0.6) is 0 Å². The maximum atomic E-state index is 12.2. The van der Waals surface area contributed by atoms with Crippen LogP contribution in [0, 0.1) is 5.92 Å². The van der Waals surface area contributed by atoms with Crippen molar-refractivity contribution in [2.45, 2.75) is 19.9 Å². The highest BCUT2D eigenvalue weighted by atomic mass is 35.5. The normalized spacial score (nSPS) is 16.6. The zero-order valence-electron chi connectivity index (χ0n) is 12.3. The molecule has 1 atom stereocenters. The van der Waals surface area contributed by atoms with E-state index in [4.69, 9.17) is 17.3 Å². The summed E-state index contributed by atoms with van der Waals surface area (Å²) in [5, 5.41) is 0.645. The summed E-state index contributed by atoms with van der Waals surface area (Å²) < 4.78 is 0. The van der Waals surface area contributed by atoms with Crippen LogP contribution in [0.1, 0.15) is 13.8 Å². The smallest absolute Gasteiger partial charge is 0.239 e. The van der Waals surface area contributed by atoms with Crippen molar-refractivity contribution in [2.75, 3.05) is 31.1 Å². The molecular formula is C14H22Cl2N4O. The van der Waals surface area contributed by atoms with Crippen LogP contribution < -0.4 is 10.6 Å². The van der Waals surface area contributed by atoms with Crippen molar-refractivity contribution >= 4 is 35.6 Å². The average Bonchev–Trinajstić information content (AvgIpc) is 2.46. The Labute approximate surface area is 136 Å². The van der Waals surface area contributed by atoms with Crippen LogP contribution in [0.25, 0.3) is 0 Å². The molecule has 0 aliphatic carbocycles. The van der Waals surface area contributed by atoms with Gasteiger partial charge in [-0.2, -0.15) is 0 Å². The standard InChI is InChI=1S/C14H21ClN4O.ClH/c1-10(2)13(16)14(20)19-7-5-18(6-8-19)12-3-4-17-9-11(12)15;/h3-4,9-10,13H,5-8,16H2,1-2H3;1H/t13-;/m0./s1. The van der Waals surface area contributed by atoms with Crippen LogP contribution in [0.15, 0.2) is 18.5 Å². The zero-order chi connectivity index (χ0) is 14.7. The maximum absolute atomic E-state index is 12.2. The fraction of sp³-hybridized carbons (Fsp3) is 0.571. The molecule has 0 unspecified atom stereocenters. The Balaban J connectivity index is 0.00000220. The molecule has 1 fully saturated rings. The monoisotopic (exact) mass is 332 g/mol. The summed E-state index contributed by atoms with van der Waals surface area (Å²) in [5.41, 5.74) is 6.90. The topological polar surface area (TPSA) is 62.5 Å². The molecule has 2 heterocycles. The number of hydrogen-bond acceptors (Lipinski definition) is 4. The van der Waals surface area contributed by atoms with Gasteiger partial charge in [0.2, 0.25) is 5.91 Å². The Morgan fingerprint density at radius 3 is 2.48 bits per heavy atom. The third kappa shape index (κ3) is 4.22. The molecule has 2 N–H and O–H groups in total. The highest BCUT2D eigenvalue weighted by molar-refractivity contribution is 6.33. The van der Waals surface area contributed by atoms with Gasteiger partial charge in [0, 0.05) is 38.6 Å². The molecule has 0 saturated carbocycles. The molecule has 1 aliphatic heterocycles. The van der Waals surface area contributed by atoms with Crippen LogP contribution in [0.3, 0.4) is 0 Å². The maximum Gasteiger partial charge on any atom is 0.239 e. The Kier molecular flexibility index (Phi) is 6.71. The van der Waals surface area contributed by atoms with E-state index in [2.05, 4.69) is 9.88 Å². The number of pyridine rings is 1. The number of carbonyl (C=O) groups is 1. The summed E-state index contributed by atoms with van der Waals surface area (Å²) in [4.78, 5) is 20.2. The van der Waals surface area contributed by atoms with Gasteiger partial charge in [0.05, 0.1) is 16.8 Å². The summed E-state index contributed by atoms with van der Waals surface area (Å²) in [6.07, 6.45) is 3.37. The molecule has 1 aromatic heterocycles. The van der Waals surface area contributed by atoms with E-state index in [1.54, 1.807) is 12.4 Å². The molecule has 1 saturated heterocycles. The summed E-state index contributed by atoms with van der Waals surface area (Å²) in [5.74, 6) is 0.204. The van der Waals surface area contributed by atoms with Crippen LogP contribution in [-0.2, 0) is 4.79 Å². The second-order valence-electron chi connectivity index (χ2n) is 5.41. The number of amides is 1. The summed E-state index contributed by atoms with van der Waals surface area (Å²) in [6, 6.07) is 1.49. The van der Waals surface area contributed by atoms with Crippen molar-refractivity contribution in [3.05, 3.63) is 23.5 Å². The quantitative estimate of drug-likeness (QED) is 0.916. The Morgan fingerprint density at radius 2 is 1.95 bits per heavy atom. The van der Waals surface area contributed by atoms with Crippen LogP contribution >= 0.6 is 24.0 Å². The number of rotatable bonds is 3. The van der Waals surface area contributed by atoms with Crippen molar-refractivity contribution in [1.29, 1.82) is 0 Å². The summed E-state index contributed by atoms with van der Waals surface area (Å²) in [7, 11) is 0. The average molecular weight is 333 g/mol. The molecule has 1 amide bonds. The fourth-order valence-electron chi connectivity index (χ4n) is 2.29. The lowest BCUT2D eigenvalue weighted by Crippen LogP contribution is -2.54. The number of hydrogen-bond donors (Lipinski definition) is 1. The number of nitrogens with zero attached hydrogens (tertiary/aromatic N) is 3. The molecule has 5 nitrogen and oxygen atoms in total. The minimum atomic E-state index is -0.411. The molecule has 0 bridgehead atoms. The largest absolute Gasteiger partial charge is 0.367 e. The van der Waals surface area contributed by atoms with Crippen LogP contribution in [-0.4, -0.2) is 48.0 Å². The van der Waals surface area contributed by atoms with E-state index in [0.717, 1.165) is 18.8 Å². The van der Waals surface area contributed by atoms with Gasteiger partial charge in [-0.3, -0.25) is 9.78 Å². The second kappa shape index (κ2) is 7.82. The van der Waals surface area contributed by atoms with Crippen LogP contribution in [0.4, 0.5) is 5.69 Å². The third-order valence-corrected chi connectivity index (χ3v) is 3.98. The molecule has 7 heteroatoms. The lowest BCUT2D eigenvalue weighted by atomic mass is 10.0. The fourth-order valence-corrected chi connectivity index (χ4v) is 2.53. The Hall–Kier alpha value is -1.04. The minimum Gasteiger partial charge on any atom is -0.367 e. The van der Waals surface area contributed by atoms with Gasteiger partial charge < -0.3 is 15.5 Å². The molecule has 0 aromatic carbocycles. The SMILES string of the molecule is CC(C)[C@H](N)C(=O)N1CCN(c2ccncc2Cl)CC1.Cl. The lowest BCUT2D eigenvalue weighted by molar-refractivity contribution is -0.133. The lowest BCUT2D eigenvalue weighted by Gasteiger charge is -2.37. The number of piperazine rings is 1. The Bertz CT molecular complexity index is 476. The van der Waals surface area contributed by atoms with Gasteiger partial charge >= 0.3 is 0 Å². The molecule has 0 spiro atoms. The van der Waals surface area contributed by atoms with Gasteiger partial charge in [-0.25, -0.2) is 0 Å². The number of aromatic nitrogens is 1. The third-order valence-electron chi connectivity index (χ3n) is 3.69. The van der Waals surface area contributed by atoms with E-state index in [1.807, 2.05) is 24.8 Å². The summed E-state index contributed by atoms with van der Waals surface area (Å²) in [6.45, 7) is 6.82. The first kappa shape index (κ1) is 18.0. The van der Waals surface area contributed by atoms with E-state index < -0.39 is 6.04 Å². The molecule has 1 aromatic rings. The number of halogens is 2. The van der Waals surface area contributed by atoms with Gasteiger partial charge in [0.25, 0.3) is 0 Å². The van der Waals surface area contributed by atoms with Crippen molar-refractivity contribution < 1.29 is 4.79 Å². The predicted octanol–water partition coefficient (Wildman–Crippen LogP) is 1.79. The minimum absolute atomic E-state index is 0. The highest BCUT2D eigenvalue weighted by Gasteiger charge is 2.27. The molecule has 21 heavy (non-hydrogen) atoms. The number of carbonyl (C=O) groups excluding carboxylic acids is 1. The van der Waals surface area contributed by atoms with Crippen molar-refractivity contribution in [2.24, 2.45) is 11.7 Å². The van der Waals surface area contributed by atoms with E-state index in [9.17, 15) is 4.79 Å².